The highest BCUT2D eigenvalue weighted by Gasteiger charge is 2.01. The SMILES string of the molecule is Oc1ccc(CNc2ccc(O)c(F)c2)nc1. The molecule has 2 rings (SSSR count). The highest BCUT2D eigenvalue weighted by Crippen LogP contribution is 2.19. The summed E-state index contributed by atoms with van der Waals surface area (Å²) < 4.78 is 13.0. The summed E-state index contributed by atoms with van der Waals surface area (Å²) in [6, 6.07) is 7.25. The largest absolute Gasteiger partial charge is 0.506 e. The first-order chi connectivity index (χ1) is 8.15. The summed E-state index contributed by atoms with van der Waals surface area (Å²) in [5, 5.41) is 21.0. The Bertz CT molecular complexity index is 514. The maximum absolute atomic E-state index is 13.0. The van der Waals surface area contributed by atoms with E-state index >= 15 is 0 Å². The van der Waals surface area contributed by atoms with Crippen molar-refractivity contribution in [2.75, 3.05) is 5.32 Å². The first kappa shape index (κ1) is 11.2. The molecule has 1 aromatic carbocycles. The molecular formula is C12H11FN2O2. The van der Waals surface area contributed by atoms with Crippen molar-refractivity contribution in [3.8, 4) is 11.5 Å². The molecule has 0 spiro atoms. The van der Waals surface area contributed by atoms with Crippen molar-refractivity contribution in [3.05, 3.63) is 48.0 Å². The van der Waals surface area contributed by atoms with Gasteiger partial charge in [0.25, 0.3) is 0 Å². The first-order valence-corrected chi connectivity index (χ1v) is 5.01. The van der Waals surface area contributed by atoms with Gasteiger partial charge in [-0.25, -0.2) is 4.39 Å². The lowest BCUT2D eigenvalue weighted by Gasteiger charge is -2.06. The molecule has 5 heteroatoms. The quantitative estimate of drug-likeness (QED) is 0.712. The summed E-state index contributed by atoms with van der Waals surface area (Å²) in [6.45, 7) is 0.407. The Kier molecular flexibility index (Phi) is 3.09. The van der Waals surface area contributed by atoms with Crippen LogP contribution in [0.1, 0.15) is 5.69 Å². The van der Waals surface area contributed by atoms with Gasteiger partial charge in [0.15, 0.2) is 11.6 Å². The van der Waals surface area contributed by atoms with Gasteiger partial charge >= 0.3 is 0 Å². The van der Waals surface area contributed by atoms with E-state index in [1.807, 2.05) is 0 Å². The van der Waals surface area contributed by atoms with E-state index in [2.05, 4.69) is 10.3 Å². The van der Waals surface area contributed by atoms with Gasteiger partial charge in [0.2, 0.25) is 0 Å². The average molecular weight is 234 g/mol. The molecule has 0 saturated heterocycles. The topological polar surface area (TPSA) is 65.4 Å². The van der Waals surface area contributed by atoms with Crippen molar-refractivity contribution in [2.24, 2.45) is 0 Å². The van der Waals surface area contributed by atoms with Crippen LogP contribution in [0.15, 0.2) is 36.5 Å². The normalized spacial score (nSPS) is 10.2. The van der Waals surface area contributed by atoms with Crippen LogP contribution in [0.5, 0.6) is 11.5 Å². The van der Waals surface area contributed by atoms with Gasteiger partial charge in [-0.1, -0.05) is 0 Å². The fourth-order valence-corrected chi connectivity index (χ4v) is 1.33. The second kappa shape index (κ2) is 4.69. The Morgan fingerprint density at radius 3 is 2.65 bits per heavy atom. The monoisotopic (exact) mass is 234 g/mol. The molecule has 0 amide bonds. The lowest BCUT2D eigenvalue weighted by Crippen LogP contribution is -2.01. The predicted molar refractivity (Wildman–Crippen MR) is 61.3 cm³/mol. The number of aromatic hydroxyl groups is 2. The van der Waals surface area contributed by atoms with Crippen molar-refractivity contribution in [1.82, 2.24) is 4.98 Å². The molecule has 3 N–H and O–H groups in total. The van der Waals surface area contributed by atoms with Crippen LogP contribution in [-0.2, 0) is 6.54 Å². The number of anilines is 1. The highest BCUT2D eigenvalue weighted by atomic mass is 19.1. The maximum atomic E-state index is 13.0. The molecule has 1 heterocycles. The summed E-state index contributed by atoms with van der Waals surface area (Å²) in [5.74, 6) is -0.948. The van der Waals surface area contributed by atoms with Crippen molar-refractivity contribution in [1.29, 1.82) is 0 Å². The van der Waals surface area contributed by atoms with Gasteiger partial charge in [-0.15, -0.1) is 0 Å². The second-order valence-corrected chi connectivity index (χ2v) is 3.53. The Balaban J connectivity index is 2.02. The van der Waals surface area contributed by atoms with Gasteiger partial charge in [-0.05, 0) is 24.3 Å². The Labute approximate surface area is 97.4 Å². The van der Waals surface area contributed by atoms with Crippen molar-refractivity contribution < 1.29 is 14.6 Å². The lowest BCUT2D eigenvalue weighted by atomic mass is 10.2. The third kappa shape index (κ3) is 2.84. The summed E-state index contributed by atoms with van der Waals surface area (Å²) in [6.07, 6.45) is 1.34. The van der Waals surface area contributed by atoms with Crippen molar-refractivity contribution >= 4 is 5.69 Å². The number of phenols is 1. The number of halogens is 1. The smallest absolute Gasteiger partial charge is 0.166 e. The van der Waals surface area contributed by atoms with Crippen LogP contribution < -0.4 is 5.32 Å². The number of aromatic nitrogens is 1. The molecule has 0 bridgehead atoms. The van der Waals surface area contributed by atoms with Gasteiger partial charge in [-0.3, -0.25) is 4.98 Å². The zero-order valence-corrected chi connectivity index (χ0v) is 8.89. The van der Waals surface area contributed by atoms with Gasteiger partial charge in [0.1, 0.15) is 5.75 Å². The van der Waals surface area contributed by atoms with Crippen molar-refractivity contribution in [2.45, 2.75) is 6.54 Å². The minimum atomic E-state index is -0.673. The number of nitrogens with one attached hydrogen (secondary N) is 1. The van der Waals surface area contributed by atoms with Gasteiger partial charge in [0.05, 0.1) is 18.4 Å². The molecular weight excluding hydrogens is 223 g/mol. The van der Waals surface area contributed by atoms with E-state index in [4.69, 9.17) is 10.2 Å². The third-order valence-electron chi connectivity index (χ3n) is 2.23. The number of pyridine rings is 1. The minimum absolute atomic E-state index is 0.101. The Morgan fingerprint density at radius 1 is 1.18 bits per heavy atom. The zero-order valence-electron chi connectivity index (χ0n) is 8.89. The maximum Gasteiger partial charge on any atom is 0.166 e. The molecule has 4 nitrogen and oxygen atoms in total. The molecule has 0 aliphatic rings. The first-order valence-electron chi connectivity index (χ1n) is 5.01. The van der Waals surface area contributed by atoms with Crippen LogP contribution in [0.2, 0.25) is 0 Å². The van der Waals surface area contributed by atoms with Crippen molar-refractivity contribution in [3.63, 3.8) is 0 Å². The molecule has 0 aliphatic heterocycles. The van der Waals surface area contributed by atoms with Gasteiger partial charge in [0, 0.05) is 11.8 Å². The molecule has 2 aromatic rings. The van der Waals surface area contributed by atoms with E-state index in [0.29, 0.717) is 12.2 Å². The zero-order chi connectivity index (χ0) is 12.3. The van der Waals surface area contributed by atoms with Gasteiger partial charge < -0.3 is 15.5 Å². The fraction of sp³-hybridized carbons (Fsp3) is 0.0833. The number of benzene rings is 1. The molecule has 0 saturated carbocycles. The Morgan fingerprint density at radius 2 is 2.00 bits per heavy atom. The molecule has 88 valence electrons. The van der Waals surface area contributed by atoms with Crippen LogP contribution in [0.4, 0.5) is 10.1 Å². The van der Waals surface area contributed by atoms with E-state index in [9.17, 15) is 4.39 Å². The van der Waals surface area contributed by atoms with Crippen LogP contribution >= 0.6 is 0 Å². The molecule has 1 aromatic heterocycles. The van der Waals surface area contributed by atoms with Gasteiger partial charge in [-0.2, -0.15) is 0 Å². The summed E-state index contributed by atoms with van der Waals surface area (Å²) >= 11 is 0. The molecule has 0 fully saturated rings. The summed E-state index contributed by atoms with van der Waals surface area (Å²) in [5.41, 5.74) is 1.27. The minimum Gasteiger partial charge on any atom is -0.506 e. The number of hydrogen-bond donors (Lipinski definition) is 3. The average Bonchev–Trinajstić information content (AvgIpc) is 2.33. The fourth-order valence-electron chi connectivity index (χ4n) is 1.33. The van der Waals surface area contributed by atoms with E-state index in [1.165, 1.54) is 24.4 Å². The highest BCUT2D eigenvalue weighted by molar-refractivity contribution is 5.47. The van der Waals surface area contributed by atoms with Crippen LogP contribution in [-0.4, -0.2) is 15.2 Å². The van der Waals surface area contributed by atoms with Crippen LogP contribution in [0, 0.1) is 5.82 Å². The van der Waals surface area contributed by atoms with Crippen LogP contribution in [0.25, 0.3) is 0 Å². The van der Waals surface area contributed by atoms with Crippen LogP contribution in [0.3, 0.4) is 0 Å². The number of nitrogens with zero attached hydrogens (tertiary/aromatic N) is 1. The molecule has 0 aliphatic carbocycles. The Hall–Kier alpha value is -2.30. The molecule has 0 unspecified atom stereocenters. The molecule has 17 heavy (non-hydrogen) atoms. The summed E-state index contributed by atoms with van der Waals surface area (Å²) in [4.78, 5) is 3.98. The van der Waals surface area contributed by atoms with E-state index in [1.54, 1.807) is 12.1 Å². The molecule has 0 atom stereocenters. The second-order valence-electron chi connectivity index (χ2n) is 3.53. The van der Waals surface area contributed by atoms with E-state index in [0.717, 1.165) is 5.69 Å². The lowest BCUT2D eigenvalue weighted by molar-refractivity contribution is 0.432. The summed E-state index contributed by atoms with van der Waals surface area (Å²) in [7, 11) is 0. The van der Waals surface area contributed by atoms with E-state index < -0.39 is 5.82 Å². The predicted octanol–water partition coefficient (Wildman–Crippen LogP) is 2.24. The standard InChI is InChI=1S/C12H11FN2O2/c13-11-5-8(2-4-12(11)17)14-6-9-1-3-10(16)7-15-9/h1-5,7,14,16-17H,6H2. The third-order valence-corrected chi connectivity index (χ3v) is 2.23. The van der Waals surface area contributed by atoms with E-state index in [-0.39, 0.29) is 11.5 Å². The molecule has 0 radical (unpaired) electrons. The number of rotatable bonds is 3. The number of phenolic OH excluding ortho intramolecular Hbond substituents is 1. The number of hydrogen-bond acceptors (Lipinski definition) is 4.